The minimum Gasteiger partial charge on any atom is -0.389 e. The number of pyridine rings is 1. The molecule has 15 heteroatoms. The summed E-state index contributed by atoms with van der Waals surface area (Å²) < 4.78 is 80.0. The van der Waals surface area contributed by atoms with E-state index in [1.165, 1.54) is 13.8 Å². The van der Waals surface area contributed by atoms with Gasteiger partial charge in [-0.3, -0.25) is 9.59 Å². The van der Waals surface area contributed by atoms with Crippen molar-refractivity contribution in [1.82, 2.24) is 20.2 Å². The Morgan fingerprint density at radius 1 is 1.05 bits per heavy atom. The Kier molecular flexibility index (Phi) is 9.39. The third kappa shape index (κ3) is 7.42. The molecule has 2 bridgehead atoms. The van der Waals surface area contributed by atoms with E-state index in [1.54, 1.807) is 4.90 Å². The van der Waals surface area contributed by atoms with Crippen molar-refractivity contribution in [3.63, 3.8) is 0 Å². The number of halogens is 6. The van der Waals surface area contributed by atoms with E-state index < -0.39 is 53.3 Å². The molecule has 4 heterocycles. The molecular weight excluding hydrogens is 564 g/mol. The summed E-state index contributed by atoms with van der Waals surface area (Å²) in [6.45, 7) is 5.10. The molecule has 0 saturated carbocycles. The molecule has 0 aromatic carbocycles. The van der Waals surface area contributed by atoms with E-state index in [0.29, 0.717) is 17.4 Å². The molecule has 0 unspecified atom stereocenters. The monoisotopic (exact) mass is 595 g/mol. The Balaban J connectivity index is 0.00000216. The van der Waals surface area contributed by atoms with Crippen LogP contribution in [0.4, 0.5) is 32.2 Å². The van der Waals surface area contributed by atoms with E-state index in [9.17, 15) is 41.0 Å². The highest BCUT2D eigenvalue weighted by Gasteiger charge is 2.45. The number of alkyl halides is 6. The average molecular weight is 596 g/mol. The number of nitrogens with one attached hydrogen (secondary N) is 2. The molecule has 0 radical (unpaired) electrons. The molecular formula is C25H31F6N5O3S. The van der Waals surface area contributed by atoms with Crippen LogP contribution in [-0.4, -0.2) is 68.7 Å². The second-order valence-electron chi connectivity index (χ2n) is 9.95. The summed E-state index contributed by atoms with van der Waals surface area (Å²) in [6.07, 6.45) is -5.96. The number of rotatable bonds is 7. The Morgan fingerprint density at radius 2 is 1.62 bits per heavy atom. The number of aromatic nitrogens is 2. The van der Waals surface area contributed by atoms with Crippen molar-refractivity contribution in [2.45, 2.75) is 83.4 Å². The van der Waals surface area contributed by atoms with Gasteiger partial charge in [-0.15, -0.1) is 11.3 Å². The van der Waals surface area contributed by atoms with Crippen LogP contribution in [0.3, 0.4) is 0 Å². The van der Waals surface area contributed by atoms with Crippen LogP contribution in [-0.2, 0) is 6.18 Å². The fourth-order valence-electron chi connectivity index (χ4n) is 4.64. The normalized spacial score (nSPS) is 18.8. The lowest BCUT2D eigenvalue weighted by Crippen LogP contribution is -2.38. The van der Waals surface area contributed by atoms with Crippen molar-refractivity contribution in [1.29, 1.82) is 0 Å². The molecule has 3 N–H and O–H groups in total. The van der Waals surface area contributed by atoms with Gasteiger partial charge in [0.1, 0.15) is 18.1 Å². The van der Waals surface area contributed by atoms with Gasteiger partial charge >= 0.3 is 12.4 Å². The minimum absolute atomic E-state index is 0.0799. The first kappa shape index (κ1) is 31.6. The first-order valence-electron chi connectivity index (χ1n) is 12.8. The van der Waals surface area contributed by atoms with Crippen molar-refractivity contribution in [3.8, 4) is 10.4 Å². The molecule has 40 heavy (non-hydrogen) atoms. The van der Waals surface area contributed by atoms with Crippen LogP contribution >= 0.6 is 11.3 Å². The van der Waals surface area contributed by atoms with Crippen LogP contribution in [0, 0.1) is 0 Å². The highest BCUT2D eigenvalue weighted by Crippen LogP contribution is 2.44. The number of hydrogen-bond donors (Lipinski definition) is 3. The molecule has 2 aromatic heterocycles. The van der Waals surface area contributed by atoms with Gasteiger partial charge in [0, 0.05) is 30.4 Å². The van der Waals surface area contributed by atoms with Crippen molar-refractivity contribution in [2.24, 2.45) is 0 Å². The smallest absolute Gasteiger partial charge is 0.389 e. The number of aliphatic hydroxyl groups is 1. The number of fused-ring (bicyclic) bond motifs is 2. The molecule has 4 rings (SSSR count). The Labute approximate surface area is 231 Å². The third-order valence-corrected chi connectivity index (χ3v) is 7.40. The van der Waals surface area contributed by atoms with Gasteiger partial charge in [0.05, 0.1) is 16.0 Å². The fourth-order valence-corrected chi connectivity index (χ4v) is 5.64. The first-order chi connectivity index (χ1) is 18.5. The standard InChI is InChI=1S/C23H25F6N5O3S.C2H6/c1-21(2,37)9-32-18(35)19-33-16(20(36)34-11-3-4-12(34)6-5-11)17(38-19)13-8-30-15(31-10-22(24,25)26)7-14(13)23(27,28)29;1-2/h7-8,11-12,37H,3-6,9-10H2,1-2H3,(H,30,31)(H,32,35);1-2H3. The molecule has 2 aliphatic heterocycles. The van der Waals surface area contributed by atoms with E-state index in [0.717, 1.165) is 31.9 Å². The van der Waals surface area contributed by atoms with Crippen LogP contribution in [0.25, 0.3) is 10.4 Å². The van der Waals surface area contributed by atoms with Gasteiger partial charge in [-0.1, -0.05) is 13.8 Å². The van der Waals surface area contributed by atoms with E-state index in [4.69, 9.17) is 0 Å². The molecule has 2 saturated heterocycles. The van der Waals surface area contributed by atoms with Crippen LogP contribution in [0.15, 0.2) is 12.3 Å². The highest BCUT2D eigenvalue weighted by molar-refractivity contribution is 7.17. The second kappa shape index (κ2) is 11.9. The number of amides is 2. The summed E-state index contributed by atoms with van der Waals surface area (Å²) in [6, 6.07) is 0.273. The lowest BCUT2D eigenvalue weighted by molar-refractivity contribution is -0.137. The molecule has 2 amide bonds. The molecule has 0 aliphatic carbocycles. The zero-order chi connectivity index (χ0) is 30.0. The minimum atomic E-state index is -5.02. The third-order valence-electron chi connectivity index (χ3n) is 6.32. The number of carbonyl (C=O) groups excluding carboxylic acids is 2. The fraction of sp³-hybridized carbons (Fsp3) is 0.600. The maximum Gasteiger partial charge on any atom is 0.417 e. The van der Waals surface area contributed by atoms with Crippen LogP contribution in [0.2, 0.25) is 0 Å². The Bertz CT molecular complexity index is 1200. The molecule has 0 spiro atoms. The van der Waals surface area contributed by atoms with Gasteiger partial charge in [0.2, 0.25) is 0 Å². The van der Waals surface area contributed by atoms with Gasteiger partial charge in [-0.2, -0.15) is 26.3 Å². The first-order valence-corrected chi connectivity index (χ1v) is 13.6. The summed E-state index contributed by atoms with van der Waals surface area (Å²) in [4.78, 5) is 35.4. The number of thiazole rings is 1. The van der Waals surface area contributed by atoms with E-state index >= 15 is 0 Å². The Morgan fingerprint density at radius 3 is 2.12 bits per heavy atom. The number of hydrogen-bond acceptors (Lipinski definition) is 7. The van der Waals surface area contributed by atoms with Gasteiger partial charge in [0.15, 0.2) is 5.01 Å². The predicted molar refractivity (Wildman–Crippen MR) is 137 cm³/mol. The number of nitrogens with zero attached hydrogens (tertiary/aromatic N) is 3. The molecule has 2 fully saturated rings. The van der Waals surface area contributed by atoms with Gasteiger partial charge in [0.25, 0.3) is 11.8 Å². The van der Waals surface area contributed by atoms with Crippen molar-refractivity contribution < 1.29 is 41.0 Å². The highest BCUT2D eigenvalue weighted by atomic mass is 32.1. The maximum absolute atomic E-state index is 14.1. The second-order valence-corrected chi connectivity index (χ2v) is 10.9. The van der Waals surface area contributed by atoms with Gasteiger partial charge in [-0.05, 0) is 45.6 Å². The van der Waals surface area contributed by atoms with Crippen molar-refractivity contribution in [2.75, 3.05) is 18.4 Å². The molecule has 8 nitrogen and oxygen atoms in total. The number of carbonyl (C=O) groups is 2. The summed E-state index contributed by atoms with van der Waals surface area (Å²) in [5.41, 5.74) is -3.55. The predicted octanol–water partition coefficient (Wildman–Crippen LogP) is 5.49. The largest absolute Gasteiger partial charge is 0.417 e. The van der Waals surface area contributed by atoms with E-state index in [2.05, 4.69) is 15.3 Å². The van der Waals surface area contributed by atoms with E-state index in [1.807, 2.05) is 19.2 Å². The van der Waals surface area contributed by atoms with Crippen LogP contribution < -0.4 is 10.6 Å². The topological polar surface area (TPSA) is 107 Å². The summed E-state index contributed by atoms with van der Waals surface area (Å²) in [7, 11) is 0. The van der Waals surface area contributed by atoms with E-state index in [-0.39, 0.29) is 34.2 Å². The molecule has 0 atom stereocenters. The van der Waals surface area contributed by atoms with Crippen LogP contribution in [0.5, 0.6) is 0 Å². The average Bonchev–Trinajstić information content (AvgIpc) is 3.60. The van der Waals surface area contributed by atoms with Crippen molar-refractivity contribution in [3.05, 3.63) is 28.5 Å². The quantitative estimate of drug-likeness (QED) is 0.366. The zero-order valence-electron chi connectivity index (χ0n) is 22.3. The molecule has 2 aliphatic rings. The number of anilines is 1. The lowest BCUT2D eigenvalue weighted by atomic mass is 10.0. The lowest BCUT2D eigenvalue weighted by Gasteiger charge is -2.22. The summed E-state index contributed by atoms with van der Waals surface area (Å²) in [5, 5.41) is 13.8. The molecule has 222 valence electrons. The van der Waals surface area contributed by atoms with Crippen molar-refractivity contribution >= 4 is 29.0 Å². The zero-order valence-corrected chi connectivity index (χ0v) is 23.1. The van der Waals surface area contributed by atoms with Gasteiger partial charge < -0.3 is 20.6 Å². The molecule has 2 aromatic rings. The SMILES string of the molecule is CC.CC(C)(O)CNC(=O)c1nc(C(=O)N2C3CCC2CC3)c(-c2cnc(NCC(F)(F)F)cc2C(F)(F)F)s1. The summed E-state index contributed by atoms with van der Waals surface area (Å²) >= 11 is 0.542. The van der Waals surface area contributed by atoms with Gasteiger partial charge in [-0.25, -0.2) is 9.97 Å². The summed E-state index contributed by atoms with van der Waals surface area (Å²) in [5.74, 6) is -2.07. The maximum atomic E-state index is 14.1. The van der Waals surface area contributed by atoms with Crippen LogP contribution in [0.1, 0.15) is 79.2 Å². The Hall–Kier alpha value is -2.94.